The lowest BCUT2D eigenvalue weighted by Gasteiger charge is -2.23. The third-order valence-electron chi connectivity index (χ3n) is 2.60. The third-order valence-corrected chi connectivity index (χ3v) is 3.77. The zero-order chi connectivity index (χ0) is 16.4. The first-order valence-corrected chi connectivity index (χ1v) is 8.34. The second-order valence-electron chi connectivity index (χ2n) is 5.87. The lowest BCUT2D eigenvalue weighted by molar-refractivity contribution is -0.109. The highest BCUT2D eigenvalue weighted by Gasteiger charge is 2.19. The van der Waals surface area contributed by atoms with Crippen molar-refractivity contribution in [3.63, 3.8) is 0 Å². The molecule has 0 aromatic heterocycles. The SMILES string of the molecule is CC(C)(C)OC(=O)NC(CNC=O)CSCc1ccccc1. The van der Waals surface area contributed by atoms with Crippen LogP contribution in [0.3, 0.4) is 0 Å². The molecule has 1 aromatic rings. The molecule has 0 fully saturated rings. The van der Waals surface area contributed by atoms with Crippen LogP contribution in [0.4, 0.5) is 4.79 Å². The summed E-state index contributed by atoms with van der Waals surface area (Å²) in [6, 6.07) is 9.93. The molecule has 2 N–H and O–H groups in total. The standard InChI is InChI=1S/C16H24N2O3S/c1-16(2,3)21-15(20)18-14(9-17-12-19)11-22-10-13-7-5-4-6-8-13/h4-8,12,14H,9-11H2,1-3H3,(H,17,19)(H,18,20). The van der Waals surface area contributed by atoms with Gasteiger partial charge in [-0.1, -0.05) is 30.3 Å². The van der Waals surface area contributed by atoms with Gasteiger partial charge in [-0.25, -0.2) is 4.79 Å². The molecule has 0 aliphatic carbocycles. The van der Waals surface area contributed by atoms with Crippen LogP contribution in [-0.4, -0.2) is 36.4 Å². The fourth-order valence-electron chi connectivity index (χ4n) is 1.71. The molecule has 0 saturated carbocycles. The summed E-state index contributed by atoms with van der Waals surface area (Å²) in [6.07, 6.45) is 0.163. The fourth-order valence-corrected chi connectivity index (χ4v) is 2.74. The molecule has 6 heteroatoms. The molecule has 0 aliphatic rings. The third kappa shape index (κ3) is 8.56. The van der Waals surface area contributed by atoms with Crippen molar-refractivity contribution in [2.45, 2.75) is 38.2 Å². The van der Waals surface area contributed by atoms with E-state index in [1.807, 2.05) is 39.0 Å². The molecule has 5 nitrogen and oxygen atoms in total. The molecule has 0 bridgehead atoms. The van der Waals surface area contributed by atoms with Gasteiger partial charge in [0.2, 0.25) is 6.41 Å². The number of nitrogens with one attached hydrogen (secondary N) is 2. The number of amides is 2. The van der Waals surface area contributed by atoms with Gasteiger partial charge in [0.05, 0.1) is 6.04 Å². The minimum atomic E-state index is -0.538. The molecule has 122 valence electrons. The highest BCUT2D eigenvalue weighted by molar-refractivity contribution is 7.98. The summed E-state index contributed by atoms with van der Waals surface area (Å²) < 4.78 is 5.24. The molecule has 0 heterocycles. The van der Waals surface area contributed by atoms with E-state index in [1.165, 1.54) is 5.56 Å². The predicted molar refractivity (Wildman–Crippen MR) is 89.8 cm³/mol. The maximum atomic E-state index is 11.8. The summed E-state index contributed by atoms with van der Waals surface area (Å²) in [5.41, 5.74) is 0.691. The summed E-state index contributed by atoms with van der Waals surface area (Å²) in [6.45, 7) is 5.82. The number of thioether (sulfide) groups is 1. The lowest BCUT2D eigenvalue weighted by Crippen LogP contribution is -2.45. The Morgan fingerprint density at radius 3 is 2.59 bits per heavy atom. The Balaban J connectivity index is 2.42. The minimum Gasteiger partial charge on any atom is -0.444 e. The molecule has 2 amide bonds. The maximum Gasteiger partial charge on any atom is 0.407 e. The molecular formula is C16H24N2O3S. The van der Waals surface area contributed by atoms with Gasteiger partial charge in [0, 0.05) is 18.1 Å². The highest BCUT2D eigenvalue weighted by atomic mass is 32.2. The van der Waals surface area contributed by atoms with Crippen molar-refractivity contribution in [2.24, 2.45) is 0 Å². The molecule has 1 aromatic carbocycles. The van der Waals surface area contributed by atoms with Gasteiger partial charge in [0.25, 0.3) is 0 Å². The first-order chi connectivity index (χ1) is 10.4. The fraction of sp³-hybridized carbons (Fsp3) is 0.500. The van der Waals surface area contributed by atoms with Crippen LogP contribution in [0.2, 0.25) is 0 Å². The Labute approximate surface area is 136 Å². The summed E-state index contributed by atoms with van der Waals surface area (Å²) >= 11 is 1.70. The van der Waals surface area contributed by atoms with Gasteiger partial charge in [-0.2, -0.15) is 11.8 Å². The zero-order valence-corrected chi connectivity index (χ0v) is 14.1. The van der Waals surface area contributed by atoms with Crippen LogP contribution in [0, 0.1) is 0 Å². The number of hydrogen-bond donors (Lipinski definition) is 2. The molecule has 0 spiro atoms. The number of benzene rings is 1. The molecule has 22 heavy (non-hydrogen) atoms. The summed E-state index contributed by atoms with van der Waals surface area (Å²) in [5, 5.41) is 5.39. The average Bonchev–Trinajstić information content (AvgIpc) is 2.43. The largest absolute Gasteiger partial charge is 0.444 e. The topological polar surface area (TPSA) is 67.4 Å². The molecule has 0 aliphatic heterocycles. The molecule has 0 radical (unpaired) electrons. The van der Waals surface area contributed by atoms with Crippen LogP contribution in [0.1, 0.15) is 26.3 Å². The normalized spacial score (nSPS) is 12.3. The number of rotatable bonds is 8. The van der Waals surface area contributed by atoms with Crippen LogP contribution >= 0.6 is 11.8 Å². The minimum absolute atomic E-state index is 0.172. The van der Waals surface area contributed by atoms with E-state index >= 15 is 0 Å². The van der Waals surface area contributed by atoms with Gasteiger partial charge < -0.3 is 15.4 Å². The number of carbonyl (C=O) groups is 2. The number of alkyl carbamates (subject to hydrolysis) is 1. The first kappa shape index (κ1) is 18.4. The number of carbonyl (C=O) groups excluding carboxylic acids is 2. The number of hydrogen-bond acceptors (Lipinski definition) is 4. The van der Waals surface area contributed by atoms with Gasteiger partial charge in [-0.15, -0.1) is 0 Å². The summed E-state index contributed by atoms with van der Waals surface area (Å²) in [7, 11) is 0. The monoisotopic (exact) mass is 324 g/mol. The van der Waals surface area contributed by atoms with Crippen LogP contribution < -0.4 is 10.6 Å². The van der Waals surface area contributed by atoms with E-state index < -0.39 is 11.7 Å². The van der Waals surface area contributed by atoms with Crippen LogP contribution in [0.5, 0.6) is 0 Å². The van der Waals surface area contributed by atoms with Crippen LogP contribution in [0.15, 0.2) is 30.3 Å². The second-order valence-corrected chi connectivity index (χ2v) is 6.90. The van der Waals surface area contributed by atoms with Crippen molar-refractivity contribution in [3.8, 4) is 0 Å². The quantitative estimate of drug-likeness (QED) is 0.721. The van der Waals surface area contributed by atoms with Crippen molar-refractivity contribution in [1.29, 1.82) is 0 Å². The first-order valence-electron chi connectivity index (χ1n) is 7.19. The van der Waals surface area contributed by atoms with Crippen molar-refractivity contribution >= 4 is 24.3 Å². The smallest absolute Gasteiger partial charge is 0.407 e. The molecule has 0 saturated heterocycles. The predicted octanol–water partition coefficient (Wildman–Crippen LogP) is 2.56. The van der Waals surface area contributed by atoms with Crippen LogP contribution in [-0.2, 0) is 15.3 Å². The van der Waals surface area contributed by atoms with Gasteiger partial charge in [-0.05, 0) is 26.3 Å². The Kier molecular flexibility index (Phi) is 7.80. The highest BCUT2D eigenvalue weighted by Crippen LogP contribution is 2.13. The summed E-state index contributed by atoms with van der Waals surface area (Å²) in [4.78, 5) is 22.3. The van der Waals surface area contributed by atoms with E-state index in [9.17, 15) is 9.59 Å². The van der Waals surface area contributed by atoms with E-state index in [0.29, 0.717) is 18.7 Å². The Hall–Kier alpha value is -1.69. The van der Waals surface area contributed by atoms with Gasteiger partial charge >= 0.3 is 6.09 Å². The zero-order valence-electron chi connectivity index (χ0n) is 13.3. The Morgan fingerprint density at radius 1 is 1.32 bits per heavy atom. The van der Waals surface area contributed by atoms with Crippen molar-refractivity contribution in [3.05, 3.63) is 35.9 Å². The Bertz CT molecular complexity index is 460. The molecular weight excluding hydrogens is 300 g/mol. The van der Waals surface area contributed by atoms with E-state index in [4.69, 9.17) is 4.74 Å². The molecule has 1 atom stereocenters. The van der Waals surface area contributed by atoms with E-state index in [0.717, 1.165) is 5.75 Å². The van der Waals surface area contributed by atoms with E-state index in [2.05, 4.69) is 22.8 Å². The maximum absolute atomic E-state index is 11.8. The molecule has 1 rings (SSSR count). The van der Waals surface area contributed by atoms with Gasteiger partial charge in [-0.3, -0.25) is 4.79 Å². The summed E-state index contributed by atoms with van der Waals surface area (Å²) in [5.74, 6) is 1.55. The van der Waals surface area contributed by atoms with E-state index in [1.54, 1.807) is 11.8 Å². The Morgan fingerprint density at radius 2 is 2.00 bits per heavy atom. The van der Waals surface area contributed by atoms with Crippen LogP contribution in [0.25, 0.3) is 0 Å². The van der Waals surface area contributed by atoms with Crippen molar-refractivity contribution < 1.29 is 14.3 Å². The average molecular weight is 324 g/mol. The second kappa shape index (κ2) is 9.35. The van der Waals surface area contributed by atoms with Crippen molar-refractivity contribution in [2.75, 3.05) is 12.3 Å². The molecule has 1 unspecified atom stereocenters. The van der Waals surface area contributed by atoms with Crippen molar-refractivity contribution in [1.82, 2.24) is 10.6 Å². The van der Waals surface area contributed by atoms with E-state index in [-0.39, 0.29) is 6.04 Å². The number of ether oxygens (including phenoxy) is 1. The van der Waals surface area contributed by atoms with Gasteiger partial charge in [0.15, 0.2) is 0 Å². The van der Waals surface area contributed by atoms with Gasteiger partial charge in [0.1, 0.15) is 5.60 Å². The lowest BCUT2D eigenvalue weighted by atomic mass is 10.2.